The standard InChI is InChI=1S/C20H35NO2/c1-5-14-22-16-12-21(13-17-23-15-6-2)20-18(7-3)10-9-11-19(20)8-4/h9-11H,5-8,12-17H2,1-4H3. The summed E-state index contributed by atoms with van der Waals surface area (Å²) in [6, 6.07) is 6.68. The van der Waals surface area contributed by atoms with E-state index < -0.39 is 0 Å². The Kier molecular flexibility index (Phi) is 10.8. The molecule has 1 rings (SSSR count). The van der Waals surface area contributed by atoms with Gasteiger partial charge in [0.15, 0.2) is 0 Å². The lowest BCUT2D eigenvalue weighted by molar-refractivity contribution is 0.129. The molecule has 1 aromatic rings. The van der Waals surface area contributed by atoms with Gasteiger partial charge in [0.05, 0.1) is 13.2 Å². The second kappa shape index (κ2) is 12.4. The van der Waals surface area contributed by atoms with Crippen LogP contribution in [-0.4, -0.2) is 39.5 Å². The molecule has 132 valence electrons. The molecule has 1 aromatic carbocycles. The molecule has 0 saturated carbocycles. The topological polar surface area (TPSA) is 21.7 Å². The van der Waals surface area contributed by atoms with Crippen molar-refractivity contribution in [2.75, 3.05) is 44.4 Å². The summed E-state index contributed by atoms with van der Waals surface area (Å²) in [5.74, 6) is 0. The lowest BCUT2D eigenvalue weighted by atomic mass is 10.0. The Bertz CT molecular complexity index is 386. The quantitative estimate of drug-likeness (QED) is 0.500. The summed E-state index contributed by atoms with van der Waals surface area (Å²) in [6.07, 6.45) is 4.27. The second-order valence-electron chi connectivity index (χ2n) is 5.84. The van der Waals surface area contributed by atoms with Crippen molar-refractivity contribution in [3.63, 3.8) is 0 Å². The monoisotopic (exact) mass is 321 g/mol. The summed E-state index contributed by atoms with van der Waals surface area (Å²) < 4.78 is 11.5. The Labute approximate surface area is 143 Å². The van der Waals surface area contributed by atoms with Crippen LogP contribution >= 0.6 is 0 Å². The Hall–Kier alpha value is -1.06. The highest BCUT2D eigenvalue weighted by Gasteiger charge is 2.14. The summed E-state index contributed by atoms with van der Waals surface area (Å²) in [7, 11) is 0. The first-order chi connectivity index (χ1) is 11.3. The van der Waals surface area contributed by atoms with Crippen LogP contribution in [0.1, 0.15) is 51.7 Å². The van der Waals surface area contributed by atoms with E-state index in [1.54, 1.807) is 0 Å². The van der Waals surface area contributed by atoms with Crippen molar-refractivity contribution in [2.45, 2.75) is 53.4 Å². The van der Waals surface area contributed by atoms with Crippen LogP contribution in [-0.2, 0) is 22.3 Å². The lowest BCUT2D eigenvalue weighted by Gasteiger charge is -2.29. The molecule has 0 bridgehead atoms. The van der Waals surface area contributed by atoms with E-state index in [4.69, 9.17) is 9.47 Å². The number of rotatable bonds is 13. The number of nitrogens with zero attached hydrogens (tertiary/aromatic N) is 1. The van der Waals surface area contributed by atoms with Gasteiger partial charge in [0.1, 0.15) is 0 Å². The summed E-state index contributed by atoms with van der Waals surface area (Å²) in [4.78, 5) is 2.46. The molecule has 0 aliphatic rings. The van der Waals surface area contributed by atoms with Crippen molar-refractivity contribution in [3.05, 3.63) is 29.3 Å². The number of aryl methyl sites for hydroxylation is 2. The Morgan fingerprint density at radius 3 is 1.61 bits per heavy atom. The number of anilines is 1. The molecule has 0 fully saturated rings. The van der Waals surface area contributed by atoms with Crippen LogP contribution in [0.4, 0.5) is 5.69 Å². The molecule has 0 radical (unpaired) electrons. The first-order valence-corrected chi connectivity index (χ1v) is 9.29. The molecule has 0 aliphatic carbocycles. The predicted octanol–water partition coefficient (Wildman–Crippen LogP) is 4.47. The van der Waals surface area contributed by atoms with Gasteiger partial charge in [-0.1, -0.05) is 45.9 Å². The third-order valence-corrected chi connectivity index (χ3v) is 3.99. The zero-order chi connectivity index (χ0) is 16.9. The first-order valence-electron chi connectivity index (χ1n) is 9.29. The minimum Gasteiger partial charge on any atom is -0.380 e. The van der Waals surface area contributed by atoms with Crippen LogP contribution in [0.3, 0.4) is 0 Å². The van der Waals surface area contributed by atoms with Crippen LogP contribution in [0, 0.1) is 0 Å². The fourth-order valence-electron chi connectivity index (χ4n) is 2.80. The third kappa shape index (κ3) is 6.92. The van der Waals surface area contributed by atoms with Crippen molar-refractivity contribution >= 4 is 5.69 Å². The molecule has 0 unspecified atom stereocenters. The molecule has 0 aromatic heterocycles. The maximum atomic E-state index is 5.73. The molecule has 0 saturated heterocycles. The zero-order valence-corrected chi connectivity index (χ0v) is 15.6. The summed E-state index contributed by atoms with van der Waals surface area (Å²) in [6.45, 7) is 13.9. The zero-order valence-electron chi connectivity index (χ0n) is 15.6. The van der Waals surface area contributed by atoms with Gasteiger partial charge in [-0.25, -0.2) is 0 Å². The minimum atomic E-state index is 0.781. The number of para-hydroxylation sites is 1. The fourth-order valence-corrected chi connectivity index (χ4v) is 2.80. The van der Waals surface area contributed by atoms with Gasteiger partial charge >= 0.3 is 0 Å². The lowest BCUT2D eigenvalue weighted by Crippen LogP contribution is -2.33. The predicted molar refractivity (Wildman–Crippen MR) is 99.6 cm³/mol. The largest absolute Gasteiger partial charge is 0.380 e. The van der Waals surface area contributed by atoms with E-state index in [1.165, 1.54) is 16.8 Å². The number of benzene rings is 1. The van der Waals surface area contributed by atoms with Gasteiger partial charge in [0, 0.05) is 32.0 Å². The van der Waals surface area contributed by atoms with Gasteiger partial charge in [0.2, 0.25) is 0 Å². The highest BCUT2D eigenvalue weighted by atomic mass is 16.5. The average Bonchev–Trinajstić information content (AvgIpc) is 2.59. The maximum Gasteiger partial charge on any atom is 0.0641 e. The van der Waals surface area contributed by atoms with E-state index in [-0.39, 0.29) is 0 Å². The van der Waals surface area contributed by atoms with Crippen molar-refractivity contribution in [2.24, 2.45) is 0 Å². The number of ether oxygens (including phenoxy) is 2. The fraction of sp³-hybridized carbons (Fsp3) is 0.700. The molecule has 0 aliphatic heterocycles. The van der Waals surface area contributed by atoms with E-state index in [0.717, 1.165) is 65.2 Å². The Balaban J connectivity index is 2.83. The minimum absolute atomic E-state index is 0.781. The smallest absolute Gasteiger partial charge is 0.0641 e. The van der Waals surface area contributed by atoms with Crippen molar-refractivity contribution in [1.82, 2.24) is 0 Å². The van der Waals surface area contributed by atoms with E-state index in [1.807, 2.05) is 0 Å². The first kappa shape index (κ1) is 20.0. The molecule has 0 atom stereocenters. The molecular weight excluding hydrogens is 286 g/mol. The summed E-state index contributed by atoms with van der Waals surface area (Å²) >= 11 is 0. The van der Waals surface area contributed by atoms with Crippen LogP contribution in [0.25, 0.3) is 0 Å². The molecule has 23 heavy (non-hydrogen) atoms. The van der Waals surface area contributed by atoms with Crippen LogP contribution in [0.2, 0.25) is 0 Å². The molecule has 3 nitrogen and oxygen atoms in total. The third-order valence-electron chi connectivity index (χ3n) is 3.99. The number of hydrogen-bond acceptors (Lipinski definition) is 3. The van der Waals surface area contributed by atoms with Gasteiger partial charge in [-0.15, -0.1) is 0 Å². The number of hydrogen-bond donors (Lipinski definition) is 0. The van der Waals surface area contributed by atoms with E-state index in [0.29, 0.717) is 0 Å². The molecule has 3 heteroatoms. The molecule has 0 heterocycles. The van der Waals surface area contributed by atoms with E-state index in [2.05, 4.69) is 50.8 Å². The SMILES string of the molecule is CCCOCCN(CCOCCC)c1c(CC)cccc1CC. The van der Waals surface area contributed by atoms with Crippen molar-refractivity contribution in [1.29, 1.82) is 0 Å². The summed E-state index contributed by atoms with van der Waals surface area (Å²) in [5.41, 5.74) is 4.25. The highest BCUT2D eigenvalue weighted by molar-refractivity contribution is 5.60. The van der Waals surface area contributed by atoms with Gasteiger partial charge in [-0.2, -0.15) is 0 Å². The average molecular weight is 322 g/mol. The Morgan fingerprint density at radius 2 is 1.22 bits per heavy atom. The van der Waals surface area contributed by atoms with Gasteiger partial charge in [-0.3, -0.25) is 0 Å². The molecule has 0 N–H and O–H groups in total. The van der Waals surface area contributed by atoms with E-state index >= 15 is 0 Å². The maximum absolute atomic E-state index is 5.73. The van der Waals surface area contributed by atoms with Crippen molar-refractivity contribution in [3.8, 4) is 0 Å². The van der Waals surface area contributed by atoms with Crippen LogP contribution < -0.4 is 4.90 Å². The molecular formula is C20H35NO2. The Morgan fingerprint density at radius 1 is 0.739 bits per heavy atom. The van der Waals surface area contributed by atoms with Crippen LogP contribution in [0.15, 0.2) is 18.2 Å². The second-order valence-corrected chi connectivity index (χ2v) is 5.84. The van der Waals surface area contributed by atoms with Crippen LogP contribution in [0.5, 0.6) is 0 Å². The molecule has 0 spiro atoms. The van der Waals surface area contributed by atoms with Gasteiger partial charge in [0.25, 0.3) is 0 Å². The van der Waals surface area contributed by atoms with Crippen molar-refractivity contribution < 1.29 is 9.47 Å². The molecule has 0 amide bonds. The highest BCUT2D eigenvalue weighted by Crippen LogP contribution is 2.26. The van der Waals surface area contributed by atoms with E-state index in [9.17, 15) is 0 Å². The van der Waals surface area contributed by atoms with Gasteiger partial charge < -0.3 is 14.4 Å². The van der Waals surface area contributed by atoms with Gasteiger partial charge in [-0.05, 0) is 36.8 Å². The normalized spacial score (nSPS) is 11.0. The summed E-state index contributed by atoms with van der Waals surface area (Å²) in [5, 5.41) is 0.